The minimum absolute atomic E-state index is 0.0449. The first-order chi connectivity index (χ1) is 16.4. The number of rotatable bonds is 24. The normalized spacial score (nSPS) is 15.0. The molecule has 0 bridgehead atoms. The third kappa shape index (κ3) is 17.3. The van der Waals surface area contributed by atoms with Crippen LogP contribution in [0.1, 0.15) is 123 Å². The van der Waals surface area contributed by atoms with E-state index >= 15 is 0 Å². The second-order valence-corrected chi connectivity index (χ2v) is 9.42. The van der Waals surface area contributed by atoms with Crippen molar-refractivity contribution in [3.8, 4) is 0 Å². The maximum atomic E-state index is 11.8. The fraction of sp³-hybridized carbons (Fsp3) is 0.926. The number of esters is 1. The van der Waals surface area contributed by atoms with Crippen LogP contribution in [-0.4, -0.2) is 54.9 Å². The molecule has 0 rings (SSSR count). The number of unbranched alkanes of at least 4 members (excludes halogenated alkanes) is 11. The number of ether oxygens (including phenoxy) is 3. The SMILES string of the molecule is CCCCCCCCCCC[C@@H](C[C@H](O)[C@H](CCCCCC)C(=O)O)OC(CC(=O)OC)OC. The van der Waals surface area contributed by atoms with E-state index in [1.165, 1.54) is 52.7 Å². The van der Waals surface area contributed by atoms with Crippen molar-refractivity contribution in [1.29, 1.82) is 0 Å². The predicted octanol–water partition coefficient (Wildman–Crippen LogP) is 6.25. The first kappa shape index (κ1) is 32.8. The average Bonchev–Trinajstić information content (AvgIpc) is 2.81. The van der Waals surface area contributed by atoms with Crippen molar-refractivity contribution in [1.82, 2.24) is 0 Å². The highest BCUT2D eigenvalue weighted by atomic mass is 16.7. The molecule has 0 aromatic rings. The molecule has 0 aromatic heterocycles. The maximum Gasteiger partial charge on any atom is 0.310 e. The summed E-state index contributed by atoms with van der Waals surface area (Å²) in [5, 5.41) is 20.4. The molecule has 0 radical (unpaired) electrons. The van der Waals surface area contributed by atoms with Gasteiger partial charge in [0.1, 0.15) is 0 Å². The molecule has 0 heterocycles. The van der Waals surface area contributed by atoms with Crippen LogP contribution in [0.4, 0.5) is 0 Å². The van der Waals surface area contributed by atoms with E-state index < -0.39 is 30.3 Å². The maximum absolute atomic E-state index is 11.8. The molecular weight excluding hydrogens is 436 g/mol. The molecule has 0 aliphatic rings. The summed E-state index contributed by atoms with van der Waals surface area (Å²) < 4.78 is 16.0. The average molecular weight is 489 g/mol. The number of aliphatic hydroxyl groups is 1. The zero-order valence-electron chi connectivity index (χ0n) is 22.3. The molecule has 0 saturated heterocycles. The van der Waals surface area contributed by atoms with E-state index in [9.17, 15) is 19.8 Å². The number of methoxy groups -OCH3 is 2. The summed E-state index contributed by atoms with van der Waals surface area (Å²) in [5.74, 6) is -2.22. The predicted molar refractivity (Wildman–Crippen MR) is 135 cm³/mol. The molecule has 0 aliphatic heterocycles. The van der Waals surface area contributed by atoms with Gasteiger partial charge in [0.2, 0.25) is 0 Å². The van der Waals surface area contributed by atoms with Crippen molar-refractivity contribution >= 4 is 11.9 Å². The second kappa shape index (κ2) is 22.3. The Labute approximate surface area is 207 Å². The van der Waals surface area contributed by atoms with Crippen molar-refractivity contribution in [3.05, 3.63) is 0 Å². The smallest absolute Gasteiger partial charge is 0.310 e. The summed E-state index contributed by atoms with van der Waals surface area (Å²) in [7, 11) is 2.78. The van der Waals surface area contributed by atoms with Gasteiger partial charge in [0.15, 0.2) is 6.29 Å². The van der Waals surface area contributed by atoms with Gasteiger partial charge in [-0.1, -0.05) is 97.3 Å². The lowest BCUT2D eigenvalue weighted by Crippen LogP contribution is -2.35. The van der Waals surface area contributed by atoms with Crippen LogP contribution in [0.3, 0.4) is 0 Å². The van der Waals surface area contributed by atoms with Crippen LogP contribution in [0.2, 0.25) is 0 Å². The molecule has 0 amide bonds. The Hall–Kier alpha value is -1.18. The Kier molecular flexibility index (Phi) is 21.5. The molecule has 0 aliphatic carbocycles. The zero-order chi connectivity index (χ0) is 25.6. The number of carbonyl (C=O) groups is 2. The van der Waals surface area contributed by atoms with Crippen LogP contribution in [0.5, 0.6) is 0 Å². The van der Waals surface area contributed by atoms with Gasteiger partial charge in [-0.15, -0.1) is 0 Å². The minimum Gasteiger partial charge on any atom is -0.481 e. The van der Waals surface area contributed by atoms with Gasteiger partial charge in [0.05, 0.1) is 31.7 Å². The highest BCUT2D eigenvalue weighted by Crippen LogP contribution is 2.24. The lowest BCUT2D eigenvalue weighted by atomic mass is 9.90. The largest absolute Gasteiger partial charge is 0.481 e. The Bertz CT molecular complexity index is 497. The summed E-state index contributed by atoms with van der Waals surface area (Å²) in [6.45, 7) is 4.33. The van der Waals surface area contributed by atoms with Crippen LogP contribution in [0.25, 0.3) is 0 Å². The highest BCUT2D eigenvalue weighted by Gasteiger charge is 2.30. The van der Waals surface area contributed by atoms with E-state index in [1.807, 2.05) is 0 Å². The van der Waals surface area contributed by atoms with Gasteiger partial charge in [-0.2, -0.15) is 0 Å². The fourth-order valence-corrected chi connectivity index (χ4v) is 4.25. The van der Waals surface area contributed by atoms with Gasteiger partial charge in [0.25, 0.3) is 0 Å². The minimum atomic E-state index is -1.00. The summed E-state index contributed by atoms with van der Waals surface area (Å²) in [4.78, 5) is 23.5. The second-order valence-electron chi connectivity index (χ2n) is 9.42. The Morgan fingerprint density at radius 2 is 1.26 bits per heavy atom. The lowest BCUT2D eigenvalue weighted by molar-refractivity contribution is -0.182. The number of carbonyl (C=O) groups excluding carboxylic acids is 1. The summed E-state index contributed by atoms with van der Waals surface area (Å²) in [6, 6.07) is 0. The molecule has 0 aromatic carbocycles. The van der Waals surface area contributed by atoms with Gasteiger partial charge in [-0.25, -0.2) is 0 Å². The molecule has 1 unspecified atom stereocenters. The van der Waals surface area contributed by atoms with Crippen LogP contribution in [0, 0.1) is 5.92 Å². The van der Waals surface area contributed by atoms with Crippen LogP contribution in [-0.2, 0) is 23.8 Å². The molecule has 34 heavy (non-hydrogen) atoms. The van der Waals surface area contributed by atoms with Crippen molar-refractivity contribution in [2.24, 2.45) is 5.92 Å². The fourth-order valence-electron chi connectivity index (χ4n) is 4.25. The number of carboxylic acid groups (broad SMARTS) is 1. The van der Waals surface area contributed by atoms with E-state index in [0.717, 1.165) is 44.9 Å². The topological polar surface area (TPSA) is 102 Å². The first-order valence-corrected chi connectivity index (χ1v) is 13.5. The number of hydrogen-bond donors (Lipinski definition) is 2. The van der Waals surface area contributed by atoms with E-state index in [0.29, 0.717) is 12.8 Å². The zero-order valence-corrected chi connectivity index (χ0v) is 22.3. The van der Waals surface area contributed by atoms with Crippen LogP contribution in [0.15, 0.2) is 0 Å². The molecule has 4 atom stereocenters. The van der Waals surface area contributed by atoms with Crippen LogP contribution >= 0.6 is 0 Å². The lowest BCUT2D eigenvalue weighted by Gasteiger charge is -2.27. The van der Waals surface area contributed by atoms with E-state index in [2.05, 4.69) is 13.8 Å². The number of hydrogen-bond acceptors (Lipinski definition) is 6. The third-order valence-electron chi connectivity index (χ3n) is 6.45. The monoisotopic (exact) mass is 488 g/mol. The Morgan fingerprint density at radius 3 is 1.76 bits per heavy atom. The molecule has 0 fully saturated rings. The van der Waals surface area contributed by atoms with E-state index in [-0.39, 0.29) is 18.9 Å². The highest BCUT2D eigenvalue weighted by molar-refractivity contribution is 5.70. The van der Waals surface area contributed by atoms with Gasteiger partial charge in [0, 0.05) is 13.5 Å². The quantitative estimate of drug-likeness (QED) is 0.0940. The van der Waals surface area contributed by atoms with Crippen molar-refractivity contribution in [3.63, 3.8) is 0 Å². The van der Waals surface area contributed by atoms with Gasteiger partial charge in [-0.3, -0.25) is 9.59 Å². The van der Waals surface area contributed by atoms with Gasteiger partial charge < -0.3 is 24.4 Å². The number of aliphatic carboxylic acids is 1. The Balaban J connectivity index is 4.80. The summed E-state index contributed by atoms with van der Waals surface area (Å²) in [6.07, 6.45) is 13.9. The molecule has 0 spiro atoms. The summed E-state index contributed by atoms with van der Waals surface area (Å²) in [5.41, 5.74) is 0. The summed E-state index contributed by atoms with van der Waals surface area (Å²) >= 11 is 0. The standard InChI is InChI=1S/C27H52O7/c1-5-7-9-11-12-13-14-15-16-18-22(34-26(33-4)21-25(29)32-3)20-24(28)23(27(30)31)19-17-10-8-6-2/h22-24,26,28H,5-21H2,1-4H3,(H,30,31)/t22-,23-,24-,26?/m0/s1. The molecule has 7 heteroatoms. The molecule has 202 valence electrons. The number of aliphatic hydroxyl groups excluding tert-OH is 1. The van der Waals surface area contributed by atoms with Crippen molar-refractivity contribution in [2.45, 2.75) is 141 Å². The van der Waals surface area contributed by atoms with E-state index in [1.54, 1.807) is 0 Å². The van der Waals surface area contributed by atoms with Gasteiger partial charge in [-0.05, 0) is 12.8 Å². The van der Waals surface area contributed by atoms with Crippen LogP contribution < -0.4 is 0 Å². The van der Waals surface area contributed by atoms with E-state index in [4.69, 9.17) is 14.2 Å². The van der Waals surface area contributed by atoms with Gasteiger partial charge >= 0.3 is 11.9 Å². The molecule has 0 saturated carbocycles. The molecule has 7 nitrogen and oxygen atoms in total. The first-order valence-electron chi connectivity index (χ1n) is 13.5. The third-order valence-corrected chi connectivity index (χ3v) is 6.45. The van der Waals surface area contributed by atoms with Crippen molar-refractivity contribution < 1.29 is 34.0 Å². The molecule has 2 N–H and O–H groups in total. The molecular formula is C27H52O7. The van der Waals surface area contributed by atoms with Crippen molar-refractivity contribution in [2.75, 3.05) is 14.2 Å². The Morgan fingerprint density at radius 1 is 0.765 bits per heavy atom. The number of carboxylic acids is 1.